The molecule has 0 aliphatic rings. The van der Waals surface area contributed by atoms with Crippen LogP contribution in [0.1, 0.15) is 15.9 Å². The van der Waals surface area contributed by atoms with Crippen molar-refractivity contribution in [3.8, 4) is 17.2 Å². The van der Waals surface area contributed by atoms with Crippen molar-refractivity contribution >= 4 is 12.2 Å². The number of hydrogen-bond donors (Lipinski definition) is 2. The van der Waals surface area contributed by atoms with Crippen LogP contribution in [0.25, 0.3) is 0 Å². The fraction of sp³-hybridized carbons (Fsp3) is 0.143. The fourth-order valence-corrected chi connectivity index (χ4v) is 2.39. The van der Waals surface area contributed by atoms with Crippen molar-refractivity contribution in [3.05, 3.63) is 77.6 Å². The maximum atomic E-state index is 13.2. The van der Waals surface area contributed by atoms with Gasteiger partial charge in [0.1, 0.15) is 23.5 Å². The SMILES string of the molecule is CN/C=C\C(=C/C=O)NC(=O)c1cc(C(F)(F)F)ccc1Oc1ccc(OC(F)(F)F)cc1. The van der Waals surface area contributed by atoms with Gasteiger partial charge in [0.15, 0.2) is 0 Å². The second-order valence-corrected chi connectivity index (χ2v) is 6.16. The standard InChI is InChI=1S/C21H16F6N2O4/c1-28-10-8-14(9-11-30)29-19(31)17-12-13(20(22,23)24)2-7-18(17)32-15-3-5-16(6-4-15)33-21(25,26)27/h2-12,28H,1H3,(H,29,31)/b10-8-,14-9+. The molecule has 0 unspecified atom stereocenters. The molecule has 0 aromatic heterocycles. The fourth-order valence-electron chi connectivity index (χ4n) is 2.39. The maximum absolute atomic E-state index is 13.2. The largest absolute Gasteiger partial charge is 0.573 e. The summed E-state index contributed by atoms with van der Waals surface area (Å²) in [5.41, 5.74) is -1.70. The molecule has 0 aliphatic carbocycles. The summed E-state index contributed by atoms with van der Waals surface area (Å²) in [5.74, 6) is -1.95. The van der Waals surface area contributed by atoms with Gasteiger partial charge in [-0.1, -0.05) is 0 Å². The Kier molecular flexibility index (Phi) is 8.10. The molecule has 6 nitrogen and oxygen atoms in total. The number of rotatable bonds is 8. The molecule has 0 spiro atoms. The van der Waals surface area contributed by atoms with E-state index in [-0.39, 0.29) is 17.2 Å². The number of allylic oxidation sites excluding steroid dienone is 2. The number of ether oxygens (including phenoxy) is 2. The van der Waals surface area contributed by atoms with Crippen LogP contribution < -0.4 is 20.1 Å². The van der Waals surface area contributed by atoms with Crippen LogP contribution in [0, 0.1) is 0 Å². The lowest BCUT2D eigenvalue weighted by Gasteiger charge is -2.15. The lowest BCUT2D eigenvalue weighted by Crippen LogP contribution is -2.23. The average molecular weight is 474 g/mol. The molecule has 0 saturated carbocycles. The second kappa shape index (κ2) is 10.6. The van der Waals surface area contributed by atoms with Crippen LogP contribution in [-0.4, -0.2) is 25.6 Å². The zero-order valence-electron chi connectivity index (χ0n) is 16.8. The highest BCUT2D eigenvalue weighted by molar-refractivity contribution is 5.98. The first-order valence-electron chi connectivity index (χ1n) is 8.98. The Hall–Kier alpha value is -3.96. The number of nitrogens with one attached hydrogen (secondary N) is 2. The third-order valence-corrected chi connectivity index (χ3v) is 3.77. The first kappa shape index (κ1) is 25.3. The molecule has 0 radical (unpaired) electrons. The van der Waals surface area contributed by atoms with E-state index in [9.17, 15) is 35.9 Å². The van der Waals surface area contributed by atoms with E-state index in [1.54, 1.807) is 7.05 Å². The summed E-state index contributed by atoms with van der Waals surface area (Å²) in [6, 6.07) is 6.13. The molecular weight excluding hydrogens is 458 g/mol. The molecule has 2 rings (SSSR count). The van der Waals surface area contributed by atoms with Gasteiger partial charge in [0, 0.05) is 18.8 Å². The van der Waals surface area contributed by atoms with Gasteiger partial charge in [0.2, 0.25) is 0 Å². The second-order valence-electron chi connectivity index (χ2n) is 6.16. The van der Waals surface area contributed by atoms with Gasteiger partial charge in [-0.2, -0.15) is 13.2 Å². The molecule has 0 saturated heterocycles. The Morgan fingerprint density at radius 3 is 2.15 bits per heavy atom. The molecule has 2 aromatic carbocycles. The topological polar surface area (TPSA) is 76.7 Å². The number of halogens is 6. The van der Waals surface area contributed by atoms with E-state index in [1.807, 2.05) is 0 Å². The normalized spacial score (nSPS) is 12.4. The predicted octanol–water partition coefficient (Wildman–Crippen LogP) is 4.94. The molecule has 2 aromatic rings. The van der Waals surface area contributed by atoms with Gasteiger partial charge in [0.25, 0.3) is 5.91 Å². The van der Waals surface area contributed by atoms with Crippen molar-refractivity contribution < 1.29 is 45.4 Å². The summed E-state index contributed by atoms with van der Waals surface area (Å²) < 4.78 is 85.5. The van der Waals surface area contributed by atoms with E-state index in [0.29, 0.717) is 18.4 Å². The number of amides is 1. The minimum atomic E-state index is -4.91. The summed E-state index contributed by atoms with van der Waals surface area (Å²) in [4.78, 5) is 23.4. The van der Waals surface area contributed by atoms with Crippen LogP contribution >= 0.6 is 0 Å². The summed E-state index contributed by atoms with van der Waals surface area (Å²) in [6.07, 6.45) is -5.68. The van der Waals surface area contributed by atoms with Crippen molar-refractivity contribution in [1.29, 1.82) is 0 Å². The highest BCUT2D eigenvalue weighted by atomic mass is 19.4. The Morgan fingerprint density at radius 2 is 1.61 bits per heavy atom. The molecular formula is C21H16F6N2O4. The average Bonchev–Trinajstić information content (AvgIpc) is 2.72. The van der Waals surface area contributed by atoms with Crippen molar-refractivity contribution in [2.75, 3.05) is 7.05 Å². The first-order valence-corrected chi connectivity index (χ1v) is 8.98. The van der Waals surface area contributed by atoms with E-state index in [2.05, 4.69) is 15.4 Å². The highest BCUT2D eigenvalue weighted by Crippen LogP contribution is 2.35. The number of hydrogen-bond acceptors (Lipinski definition) is 5. The minimum absolute atomic E-state index is 0.0265. The number of alkyl halides is 6. The molecule has 33 heavy (non-hydrogen) atoms. The van der Waals surface area contributed by atoms with E-state index >= 15 is 0 Å². The van der Waals surface area contributed by atoms with Crippen LogP contribution in [0.4, 0.5) is 26.3 Å². The number of carbonyl (C=O) groups is 2. The van der Waals surface area contributed by atoms with Gasteiger partial charge in [-0.15, -0.1) is 13.2 Å². The third kappa shape index (κ3) is 7.91. The Morgan fingerprint density at radius 1 is 0.970 bits per heavy atom. The van der Waals surface area contributed by atoms with Gasteiger partial charge in [0.05, 0.1) is 11.1 Å². The van der Waals surface area contributed by atoms with E-state index in [1.165, 1.54) is 12.3 Å². The van der Waals surface area contributed by atoms with Crippen molar-refractivity contribution in [1.82, 2.24) is 10.6 Å². The maximum Gasteiger partial charge on any atom is 0.573 e. The van der Waals surface area contributed by atoms with Crippen molar-refractivity contribution in [2.45, 2.75) is 12.5 Å². The Bertz CT molecular complexity index is 1040. The zero-order valence-corrected chi connectivity index (χ0v) is 16.8. The Balaban J connectivity index is 2.38. The van der Waals surface area contributed by atoms with Crippen LogP contribution in [0.15, 0.2) is 66.5 Å². The first-order chi connectivity index (χ1) is 15.4. The molecule has 0 atom stereocenters. The lowest BCUT2D eigenvalue weighted by atomic mass is 10.1. The minimum Gasteiger partial charge on any atom is -0.457 e. The summed E-state index contributed by atoms with van der Waals surface area (Å²) in [5, 5.41) is 4.90. The van der Waals surface area contributed by atoms with E-state index in [0.717, 1.165) is 36.4 Å². The molecule has 1 amide bonds. The number of benzene rings is 2. The van der Waals surface area contributed by atoms with Crippen LogP contribution in [-0.2, 0) is 11.0 Å². The molecule has 0 fully saturated rings. The quantitative estimate of drug-likeness (QED) is 0.245. The van der Waals surface area contributed by atoms with Gasteiger partial charge in [-0.25, -0.2) is 0 Å². The van der Waals surface area contributed by atoms with Gasteiger partial charge < -0.3 is 20.1 Å². The number of aldehydes is 1. The summed E-state index contributed by atoms with van der Waals surface area (Å²) in [7, 11) is 1.54. The van der Waals surface area contributed by atoms with Crippen LogP contribution in [0.2, 0.25) is 0 Å². The highest BCUT2D eigenvalue weighted by Gasteiger charge is 2.33. The van der Waals surface area contributed by atoms with Gasteiger partial charge in [-0.3, -0.25) is 9.59 Å². The smallest absolute Gasteiger partial charge is 0.457 e. The summed E-state index contributed by atoms with van der Waals surface area (Å²) >= 11 is 0. The van der Waals surface area contributed by atoms with E-state index in [4.69, 9.17) is 4.74 Å². The lowest BCUT2D eigenvalue weighted by molar-refractivity contribution is -0.274. The third-order valence-electron chi connectivity index (χ3n) is 3.77. The van der Waals surface area contributed by atoms with Crippen molar-refractivity contribution in [3.63, 3.8) is 0 Å². The molecule has 0 aliphatic heterocycles. The summed E-state index contributed by atoms with van der Waals surface area (Å²) in [6.45, 7) is 0. The Labute approximate surface area is 183 Å². The van der Waals surface area contributed by atoms with Gasteiger partial charge >= 0.3 is 12.5 Å². The van der Waals surface area contributed by atoms with Gasteiger partial charge in [-0.05, 0) is 54.7 Å². The molecule has 0 heterocycles. The van der Waals surface area contributed by atoms with Crippen LogP contribution in [0.3, 0.4) is 0 Å². The van der Waals surface area contributed by atoms with E-state index < -0.39 is 35.3 Å². The molecule has 2 N–H and O–H groups in total. The van der Waals surface area contributed by atoms with Crippen LogP contribution in [0.5, 0.6) is 17.2 Å². The molecule has 0 bridgehead atoms. The monoisotopic (exact) mass is 474 g/mol. The molecule has 12 heteroatoms. The predicted molar refractivity (Wildman–Crippen MR) is 104 cm³/mol. The van der Waals surface area contributed by atoms with Crippen molar-refractivity contribution in [2.24, 2.45) is 0 Å². The molecule has 176 valence electrons. The zero-order chi connectivity index (χ0) is 24.6. The number of carbonyl (C=O) groups excluding carboxylic acids is 2.